The predicted molar refractivity (Wildman–Crippen MR) is 74.9 cm³/mol. The molecule has 21 heavy (non-hydrogen) atoms. The van der Waals surface area contributed by atoms with E-state index in [9.17, 15) is 14.9 Å². The molecule has 1 aromatic carbocycles. The van der Waals surface area contributed by atoms with Crippen LogP contribution in [-0.2, 0) is 13.1 Å². The van der Waals surface area contributed by atoms with Crippen molar-refractivity contribution in [3.05, 3.63) is 58.2 Å². The topological polar surface area (TPSA) is 81.3 Å². The molecule has 0 bridgehead atoms. The Balaban J connectivity index is 1.65. The number of non-ortho nitro benzene ring substituents is 1. The van der Waals surface area contributed by atoms with Crippen LogP contribution in [0.1, 0.15) is 16.2 Å². The molecule has 7 heteroatoms. The number of ketones is 1. The van der Waals surface area contributed by atoms with Crippen molar-refractivity contribution in [2.24, 2.45) is 0 Å². The van der Waals surface area contributed by atoms with Crippen molar-refractivity contribution in [2.75, 3.05) is 13.1 Å². The van der Waals surface area contributed by atoms with Gasteiger partial charge in [-0.15, -0.1) is 0 Å². The minimum absolute atomic E-state index is 0.00782. The van der Waals surface area contributed by atoms with Crippen molar-refractivity contribution in [1.82, 2.24) is 14.5 Å². The summed E-state index contributed by atoms with van der Waals surface area (Å²) in [6, 6.07) is 5.73. The smallest absolute Gasteiger partial charge is 0.269 e. The van der Waals surface area contributed by atoms with Crippen LogP contribution in [0.25, 0.3) is 0 Å². The Labute approximate surface area is 121 Å². The number of carbonyl (C=O) groups is 1. The van der Waals surface area contributed by atoms with Gasteiger partial charge in [-0.2, -0.15) is 0 Å². The van der Waals surface area contributed by atoms with Gasteiger partial charge in [-0.3, -0.25) is 19.8 Å². The summed E-state index contributed by atoms with van der Waals surface area (Å²) in [4.78, 5) is 28.6. The molecular weight excluding hydrogens is 272 g/mol. The molecule has 3 rings (SSSR count). The Kier molecular flexibility index (Phi) is 3.49. The number of nitrogens with zero attached hydrogens (tertiary/aromatic N) is 4. The molecule has 0 N–H and O–H groups in total. The first kappa shape index (κ1) is 13.4. The predicted octanol–water partition coefficient (Wildman–Crippen LogP) is 1.49. The van der Waals surface area contributed by atoms with Crippen molar-refractivity contribution in [2.45, 2.75) is 13.1 Å². The lowest BCUT2D eigenvalue weighted by atomic mass is 10.1. The summed E-state index contributed by atoms with van der Waals surface area (Å²) in [6.07, 6.45) is 3.70. The lowest BCUT2D eigenvalue weighted by Crippen LogP contribution is -2.37. The zero-order valence-electron chi connectivity index (χ0n) is 11.3. The lowest BCUT2D eigenvalue weighted by Gasteiger charge is -2.26. The molecule has 7 nitrogen and oxygen atoms in total. The van der Waals surface area contributed by atoms with E-state index in [4.69, 9.17) is 0 Å². The quantitative estimate of drug-likeness (QED) is 0.483. The number of nitro groups is 1. The van der Waals surface area contributed by atoms with Crippen LogP contribution in [0, 0.1) is 10.1 Å². The summed E-state index contributed by atoms with van der Waals surface area (Å²) in [7, 11) is 0. The second-order valence-electron chi connectivity index (χ2n) is 4.97. The van der Waals surface area contributed by atoms with E-state index in [0.717, 1.165) is 18.9 Å². The molecule has 1 aromatic heterocycles. The number of carbonyl (C=O) groups excluding carboxylic acids is 1. The Bertz CT molecular complexity index is 678. The van der Waals surface area contributed by atoms with Crippen LogP contribution in [0.15, 0.2) is 36.7 Å². The molecule has 1 aliphatic heterocycles. The fourth-order valence-corrected chi connectivity index (χ4v) is 2.42. The Morgan fingerprint density at radius 3 is 2.76 bits per heavy atom. The minimum Gasteiger partial charge on any atom is -0.333 e. The summed E-state index contributed by atoms with van der Waals surface area (Å²) in [5.74, 6) is 0.919. The van der Waals surface area contributed by atoms with Gasteiger partial charge in [0.2, 0.25) is 0 Å². The zero-order chi connectivity index (χ0) is 14.8. The van der Waals surface area contributed by atoms with E-state index >= 15 is 0 Å². The van der Waals surface area contributed by atoms with Crippen molar-refractivity contribution in [3.63, 3.8) is 0 Å². The molecule has 0 atom stereocenters. The van der Waals surface area contributed by atoms with Gasteiger partial charge >= 0.3 is 0 Å². The molecule has 1 aliphatic rings. The Morgan fingerprint density at radius 2 is 2.05 bits per heavy atom. The van der Waals surface area contributed by atoms with Gasteiger partial charge in [-0.05, 0) is 12.1 Å². The number of aromatic nitrogens is 2. The standard InChI is InChI=1S/C14H14N4O3/c19-13(11-1-3-12(4-2-11)18(20)21)9-16-7-8-17-6-5-15-14(17)10-16/h1-6H,7-10H2. The van der Waals surface area contributed by atoms with Crippen LogP contribution in [0.4, 0.5) is 5.69 Å². The average molecular weight is 286 g/mol. The highest BCUT2D eigenvalue weighted by molar-refractivity contribution is 5.97. The molecule has 0 amide bonds. The monoisotopic (exact) mass is 286 g/mol. The number of hydrogen-bond acceptors (Lipinski definition) is 5. The maximum atomic E-state index is 12.2. The van der Waals surface area contributed by atoms with Gasteiger partial charge < -0.3 is 4.57 Å². The van der Waals surface area contributed by atoms with Crippen LogP contribution >= 0.6 is 0 Å². The number of Topliss-reactive ketones (excluding diaryl/α,β-unsaturated/α-hetero) is 1. The minimum atomic E-state index is -0.473. The van der Waals surface area contributed by atoms with Crippen LogP contribution in [0.3, 0.4) is 0 Å². The SMILES string of the molecule is O=C(CN1CCn2ccnc2C1)c1ccc([N+](=O)[O-])cc1. The van der Waals surface area contributed by atoms with Crippen molar-refractivity contribution in [3.8, 4) is 0 Å². The van der Waals surface area contributed by atoms with Crippen LogP contribution in [0.2, 0.25) is 0 Å². The van der Waals surface area contributed by atoms with E-state index in [2.05, 4.69) is 9.55 Å². The number of imidazole rings is 1. The first-order chi connectivity index (χ1) is 10.1. The summed E-state index contributed by atoms with van der Waals surface area (Å²) < 4.78 is 2.08. The van der Waals surface area contributed by atoms with Gasteiger partial charge in [0.25, 0.3) is 5.69 Å². The summed E-state index contributed by atoms with van der Waals surface area (Å²) in [5.41, 5.74) is 0.487. The van der Waals surface area contributed by atoms with Gasteiger partial charge in [0.15, 0.2) is 5.78 Å². The lowest BCUT2D eigenvalue weighted by molar-refractivity contribution is -0.384. The normalized spacial score (nSPS) is 14.7. The molecule has 108 valence electrons. The van der Waals surface area contributed by atoms with Crippen molar-refractivity contribution < 1.29 is 9.72 Å². The van der Waals surface area contributed by atoms with Gasteiger partial charge in [0, 0.05) is 43.2 Å². The average Bonchev–Trinajstić information content (AvgIpc) is 2.95. The number of rotatable bonds is 4. The fourth-order valence-electron chi connectivity index (χ4n) is 2.42. The molecular formula is C14H14N4O3. The van der Waals surface area contributed by atoms with Crippen LogP contribution < -0.4 is 0 Å². The molecule has 0 spiro atoms. The third-order valence-corrected chi connectivity index (χ3v) is 3.59. The first-order valence-corrected chi connectivity index (χ1v) is 6.63. The zero-order valence-corrected chi connectivity index (χ0v) is 11.3. The number of fused-ring (bicyclic) bond motifs is 1. The van der Waals surface area contributed by atoms with E-state index in [0.29, 0.717) is 18.7 Å². The van der Waals surface area contributed by atoms with E-state index in [-0.39, 0.29) is 11.5 Å². The fraction of sp³-hybridized carbons (Fsp3) is 0.286. The van der Waals surface area contributed by atoms with Crippen LogP contribution in [0.5, 0.6) is 0 Å². The second-order valence-corrected chi connectivity index (χ2v) is 4.97. The Morgan fingerprint density at radius 1 is 1.29 bits per heavy atom. The molecule has 0 fully saturated rings. The second kappa shape index (κ2) is 5.45. The van der Waals surface area contributed by atoms with Crippen molar-refractivity contribution >= 4 is 11.5 Å². The molecule has 2 heterocycles. The highest BCUT2D eigenvalue weighted by Gasteiger charge is 2.19. The first-order valence-electron chi connectivity index (χ1n) is 6.63. The highest BCUT2D eigenvalue weighted by Crippen LogP contribution is 2.14. The van der Waals surface area contributed by atoms with Gasteiger partial charge in [0.1, 0.15) is 5.82 Å². The highest BCUT2D eigenvalue weighted by atomic mass is 16.6. The number of benzene rings is 1. The Hall–Kier alpha value is -2.54. The van der Waals surface area contributed by atoms with Crippen molar-refractivity contribution in [1.29, 1.82) is 0 Å². The maximum absolute atomic E-state index is 12.2. The molecule has 0 unspecified atom stereocenters. The summed E-state index contributed by atoms with van der Waals surface area (Å²) >= 11 is 0. The molecule has 0 saturated carbocycles. The third kappa shape index (κ3) is 2.82. The van der Waals surface area contributed by atoms with Gasteiger partial charge in [-0.1, -0.05) is 0 Å². The van der Waals surface area contributed by atoms with Gasteiger partial charge in [0.05, 0.1) is 18.0 Å². The molecule has 0 aliphatic carbocycles. The summed E-state index contributed by atoms with van der Waals surface area (Å²) in [6.45, 7) is 2.56. The molecule has 0 radical (unpaired) electrons. The molecule has 0 saturated heterocycles. The summed E-state index contributed by atoms with van der Waals surface area (Å²) in [5, 5.41) is 10.6. The van der Waals surface area contributed by atoms with E-state index in [1.54, 1.807) is 6.20 Å². The largest absolute Gasteiger partial charge is 0.333 e. The number of hydrogen-bond donors (Lipinski definition) is 0. The van der Waals surface area contributed by atoms with E-state index in [1.165, 1.54) is 24.3 Å². The van der Waals surface area contributed by atoms with E-state index in [1.807, 2.05) is 11.1 Å². The number of nitro benzene ring substituents is 1. The molecule has 2 aromatic rings. The maximum Gasteiger partial charge on any atom is 0.269 e. The van der Waals surface area contributed by atoms with Gasteiger partial charge in [-0.25, -0.2) is 4.98 Å². The van der Waals surface area contributed by atoms with Crippen LogP contribution in [-0.4, -0.2) is 38.2 Å². The third-order valence-electron chi connectivity index (χ3n) is 3.59. The van der Waals surface area contributed by atoms with E-state index < -0.39 is 4.92 Å².